The molecule has 0 bridgehead atoms. The fourth-order valence-electron chi connectivity index (χ4n) is 6.35. The molecule has 1 fully saturated rings. The number of benzene rings is 5. The van der Waals surface area contributed by atoms with E-state index in [0.717, 1.165) is 46.3 Å². The molecular weight excluding hydrogens is 577 g/mol. The van der Waals surface area contributed by atoms with Gasteiger partial charge in [0.2, 0.25) is 5.91 Å². The number of aromatic nitrogens is 1. The Balaban J connectivity index is 1.12. The van der Waals surface area contributed by atoms with Crippen molar-refractivity contribution in [2.24, 2.45) is 0 Å². The van der Waals surface area contributed by atoms with Crippen molar-refractivity contribution < 1.29 is 14.3 Å². The average molecular weight is 609 g/mol. The van der Waals surface area contributed by atoms with Crippen molar-refractivity contribution in [1.82, 2.24) is 9.47 Å². The van der Waals surface area contributed by atoms with Gasteiger partial charge in [-0.1, -0.05) is 133 Å². The minimum Gasteiger partial charge on any atom is -0.492 e. The molecule has 1 saturated heterocycles. The summed E-state index contributed by atoms with van der Waals surface area (Å²) in [6.07, 6.45) is 2.52. The fourth-order valence-corrected chi connectivity index (χ4v) is 7.41. The third kappa shape index (κ3) is 5.42. The predicted molar refractivity (Wildman–Crippen MR) is 180 cm³/mol. The highest BCUT2D eigenvalue weighted by Gasteiger charge is 2.53. The van der Waals surface area contributed by atoms with E-state index in [0.29, 0.717) is 13.0 Å². The summed E-state index contributed by atoms with van der Waals surface area (Å²) in [7, 11) is 0. The lowest BCUT2D eigenvalue weighted by atomic mass is 9.75. The number of carbonyl (C=O) groups is 2. The number of fused-ring (bicyclic) bond motifs is 1. The number of rotatable bonds is 10. The second-order valence-electron chi connectivity index (χ2n) is 11.1. The van der Waals surface area contributed by atoms with Gasteiger partial charge in [-0.05, 0) is 58.3 Å². The molecule has 0 N–H and O–H groups in total. The quantitative estimate of drug-likeness (QED) is 0.147. The fraction of sp³-hybridized carbons (Fsp3) is 0.128. The molecule has 0 radical (unpaired) electrons. The predicted octanol–water partition coefficient (Wildman–Crippen LogP) is 8.32. The first-order valence-electron chi connectivity index (χ1n) is 15.1. The molecule has 1 aliphatic heterocycles. The van der Waals surface area contributed by atoms with Crippen LogP contribution < -0.4 is 4.74 Å². The molecule has 5 aromatic carbocycles. The van der Waals surface area contributed by atoms with Crippen LogP contribution in [0.3, 0.4) is 0 Å². The number of thioether (sulfide) groups is 1. The Kier molecular flexibility index (Phi) is 7.97. The van der Waals surface area contributed by atoms with Gasteiger partial charge in [0.05, 0.1) is 11.8 Å². The van der Waals surface area contributed by atoms with Gasteiger partial charge < -0.3 is 9.30 Å². The normalized spacial score (nSPS) is 15.1. The monoisotopic (exact) mass is 608 g/mol. The van der Waals surface area contributed by atoms with Crippen LogP contribution in [0.2, 0.25) is 0 Å². The van der Waals surface area contributed by atoms with Crippen LogP contribution in [-0.4, -0.2) is 32.5 Å². The smallest absolute Gasteiger partial charge is 0.290 e. The summed E-state index contributed by atoms with van der Waals surface area (Å²) in [5.41, 5.74) is 3.64. The first-order valence-corrected chi connectivity index (χ1v) is 16.0. The van der Waals surface area contributed by atoms with Crippen molar-refractivity contribution in [1.29, 1.82) is 0 Å². The number of carbonyl (C=O) groups excluding carboxylic acids is 2. The molecule has 1 aromatic heterocycles. The minimum atomic E-state index is -1.11. The van der Waals surface area contributed by atoms with Gasteiger partial charge in [-0.3, -0.25) is 14.5 Å². The molecule has 7 rings (SSSR count). The van der Waals surface area contributed by atoms with Crippen LogP contribution in [0.4, 0.5) is 4.79 Å². The van der Waals surface area contributed by atoms with Crippen molar-refractivity contribution >= 4 is 33.8 Å². The van der Waals surface area contributed by atoms with E-state index in [9.17, 15) is 9.59 Å². The highest BCUT2D eigenvalue weighted by atomic mass is 32.2. The second kappa shape index (κ2) is 12.5. The summed E-state index contributed by atoms with van der Waals surface area (Å²) in [6.45, 7) is 1.28. The first kappa shape index (κ1) is 28.7. The third-order valence-corrected chi connectivity index (χ3v) is 9.49. The lowest BCUT2D eigenvalue weighted by Crippen LogP contribution is -2.51. The van der Waals surface area contributed by atoms with E-state index in [4.69, 9.17) is 4.74 Å². The molecule has 1 aliphatic rings. The zero-order valence-electron chi connectivity index (χ0n) is 24.7. The van der Waals surface area contributed by atoms with Gasteiger partial charge in [-0.2, -0.15) is 0 Å². The Morgan fingerprint density at radius 3 is 1.80 bits per heavy atom. The van der Waals surface area contributed by atoms with Crippen LogP contribution in [0, 0.1) is 0 Å². The number of imide groups is 1. The van der Waals surface area contributed by atoms with Crippen LogP contribution in [0.1, 0.15) is 22.3 Å². The van der Waals surface area contributed by atoms with Gasteiger partial charge in [0.25, 0.3) is 5.24 Å². The van der Waals surface area contributed by atoms with E-state index in [-0.39, 0.29) is 11.1 Å². The Morgan fingerprint density at radius 2 is 1.20 bits per heavy atom. The zero-order valence-corrected chi connectivity index (χ0v) is 25.5. The van der Waals surface area contributed by atoms with E-state index >= 15 is 0 Å². The molecule has 5 nitrogen and oxygen atoms in total. The maximum Gasteiger partial charge on any atom is 0.290 e. The van der Waals surface area contributed by atoms with E-state index in [1.165, 1.54) is 15.8 Å². The maximum atomic E-state index is 14.4. The van der Waals surface area contributed by atoms with Crippen LogP contribution in [0.25, 0.3) is 10.9 Å². The van der Waals surface area contributed by atoms with E-state index < -0.39 is 10.8 Å². The van der Waals surface area contributed by atoms with Crippen LogP contribution >= 0.6 is 11.8 Å². The van der Waals surface area contributed by atoms with Gasteiger partial charge in [0, 0.05) is 11.7 Å². The van der Waals surface area contributed by atoms with E-state index in [2.05, 4.69) is 29.0 Å². The van der Waals surface area contributed by atoms with Crippen LogP contribution in [-0.2, 0) is 23.3 Å². The summed E-state index contributed by atoms with van der Waals surface area (Å²) >= 11 is 1.11. The van der Waals surface area contributed by atoms with Crippen LogP contribution in [0.5, 0.6) is 5.75 Å². The summed E-state index contributed by atoms with van der Waals surface area (Å²) in [6, 6.07) is 47.8. The van der Waals surface area contributed by atoms with Crippen molar-refractivity contribution in [2.75, 3.05) is 6.61 Å². The van der Waals surface area contributed by atoms with Crippen molar-refractivity contribution in [3.63, 3.8) is 0 Å². The number of nitrogens with zero attached hydrogens (tertiary/aromatic N) is 2. The highest BCUT2D eigenvalue weighted by Crippen LogP contribution is 2.47. The first-order chi connectivity index (χ1) is 22.1. The largest absolute Gasteiger partial charge is 0.492 e. The molecule has 1 unspecified atom stereocenters. The Hall–Kier alpha value is -5.07. The molecule has 0 spiro atoms. The average Bonchev–Trinajstić information content (AvgIpc) is 3.63. The number of ether oxygens (including phenoxy) is 1. The maximum absolute atomic E-state index is 14.4. The molecular formula is C39H32N2O3S. The highest BCUT2D eigenvalue weighted by molar-refractivity contribution is 8.15. The van der Waals surface area contributed by atoms with E-state index in [1.54, 1.807) is 0 Å². The standard InChI is InChI=1S/C39H32N2O3S/c42-37-36(28-29-20-22-34(23-21-29)44-27-26-40-25-24-30-12-10-11-19-35(30)40)45-38(43)41(37)39(31-13-4-1-5-14-31,32-15-6-2-7-16-32)33-17-8-3-9-18-33/h1-25,36H,26-28H2. The van der Waals surface area contributed by atoms with Gasteiger partial charge >= 0.3 is 0 Å². The minimum absolute atomic E-state index is 0.194. The summed E-state index contributed by atoms with van der Waals surface area (Å²) in [5, 5.41) is 0.424. The van der Waals surface area contributed by atoms with Crippen molar-refractivity contribution in [2.45, 2.75) is 23.8 Å². The van der Waals surface area contributed by atoms with Gasteiger partial charge in [-0.25, -0.2) is 0 Å². The van der Waals surface area contributed by atoms with Gasteiger partial charge in [-0.15, -0.1) is 0 Å². The van der Waals surface area contributed by atoms with Gasteiger partial charge in [0.15, 0.2) is 0 Å². The number of hydrogen-bond donors (Lipinski definition) is 0. The van der Waals surface area contributed by atoms with Gasteiger partial charge in [0.1, 0.15) is 17.9 Å². The summed E-state index contributed by atoms with van der Waals surface area (Å²) in [5.74, 6) is 0.579. The molecule has 1 atom stereocenters. The topological polar surface area (TPSA) is 51.5 Å². The van der Waals surface area contributed by atoms with Crippen LogP contribution in [0.15, 0.2) is 152 Å². The van der Waals surface area contributed by atoms with Crippen molar-refractivity contribution in [3.8, 4) is 5.75 Å². The van der Waals surface area contributed by atoms with Crippen molar-refractivity contribution in [3.05, 3.63) is 174 Å². The third-order valence-electron chi connectivity index (χ3n) is 8.46. The number of amides is 2. The summed E-state index contributed by atoms with van der Waals surface area (Å²) < 4.78 is 8.24. The second-order valence-corrected chi connectivity index (χ2v) is 12.3. The molecule has 0 aliphatic carbocycles. The molecule has 0 saturated carbocycles. The lowest BCUT2D eigenvalue weighted by Gasteiger charge is -2.42. The number of para-hydroxylation sites is 1. The Bertz CT molecular complexity index is 1830. The molecule has 2 heterocycles. The Labute approximate surface area is 267 Å². The molecule has 2 amide bonds. The lowest BCUT2D eigenvalue weighted by molar-refractivity contribution is -0.129. The molecule has 45 heavy (non-hydrogen) atoms. The Morgan fingerprint density at radius 1 is 0.644 bits per heavy atom. The number of hydrogen-bond acceptors (Lipinski definition) is 4. The van der Waals surface area contributed by atoms with E-state index in [1.807, 2.05) is 127 Å². The SMILES string of the molecule is O=C1SC(Cc2ccc(OCCn3ccc4ccccc43)cc2)C(=O)N1C(c1ccccc1)(c1ccccc1)c1ccccc1. The summed E-state index contributed by atoms with van der Waals surface area (Å²) in [4.78, 5) is 29.8. The molecule has 6 aromatic rings. The molecule has 6 heteroatoms. The zero-order chi connectivity index (χ0) is 30.6. The molecule has 222 valence electrons.